The van der Waals surface area contributed by atoms with Gasteiger partial charge in [0.2, 0.25) is 10.3 Å². The molecule has 5 nitrogen and oxygen atoms in total. The molecular weight excluding hydrogens is 340 g/mol. The number of carbonyl (C=O) groups is 1. The Morgan fingerprint density at radius 3 is 2.86 bits per heavy atom. The van der Waals surface area contributed by atoms with Gasteiger partial charge < -0.3 is 0 Å². The van der Waals surface area contributed by atoms with E-state index in [1.807, 2.05) is 13.0 Å². The van der Waals surface area contributed by atoms with Gasteiger partial charge in [-0.1, -0.05) is 42.4 Å². The molecule has 0 fully saturated rings. The first kappa shape index (κ1) is 16.5. The molecule has 2 rings (SSSR count). The van der Waals surface area contributed by atoms with Crippen LogP contribution in [0, 0.1) is 11.3 Å². The molecule has 0 unspecified atom stereocenters. The van der Waals surface area contributed by atoms with Crippen molar-refractivity contribution >= 4 is 52.0 Å². The molecule has 8 heteroatoms. The van der Waals surface area contributed by atoms with Gasteiger partial charge in [-0.3, -0.25) is 10.1 Å². The Morgan fingerprint density at radius 2 is 2.23 bits per heavy atom. The summed E-state index contributed by atoms with van der Waals surface area (Å²) in [6, 6.07) is 8.73. The summed E-state index contributed by atoms with van der Waals surface area (Å²) < 4.78 is 4.10. The fraction of sp³-hybridized carbons (Fsp3) is 0.143. The number of nitrogens with zero attached hydrogens (tertiary/aromatic N) is 3. The van der Waals surface area contributed by atoms with Crippen LogP contribution in [0.3, 0.4) is 0 Å². The topological polar surface area (TPSA) is 78.7 Å². The van der Waals surface area contributed by atoms with Crippen LogP contribution >= 0.6 is 34.9 Å². The minimum Gasteiger partial charge on any atom is -0.296 e. The number of anilines is 1. The molecule has 1 aromatic carbocycles. The zero-order chi connectivity index (χ0) is 15.9. The van der Waals surface area contributed by atoms with Crippen LogP contribution in [0.5, 0.6) is 0 Å². The lowest BCUT2D eigenvalue weighted by atomic mass is 10.1. The monoisotopic (exact) mass is 350 g/mol. The number of carbonyl (C=O) groups excluding carboxylic acids is 1. The third-order valence-corrected chi connectivity index (χ3v) is 4.17. The maximum Gasteiger partial charge on any atom is 0.268 e. The molecule has 1 amide bonds. The molecule has 0 radical (unpaired) electrons. The van der Waals surface area contributed by atoms with Crippen LogP contribution in [0.4, 0.5) is 5.13 Å². The molecule has 0 aliphatic heterocycles. The summed E-state index contributed by atoms with van der Waals surface area (Å²) >= 11 is 8.37. The zero-order valence-electron chi connectivity index (χ0n) is 11.5. The second-order valence-electron chi connectivity index (χ2n) is 3.99. The smallest absolute Gasteiger partial charge is 0.268 e. The van der Waals surface area contributed by atoms with Gasteiger partial charge >= 0.3 is 0 Å². The molecule has 22 heavy (non-hydrogen) atoms. The van der Waals surface area contributed by atoms with Crippen LogP contribution in [0.1, 0.15) is 12.5 Å². The lowest BCUT2D eigenvalue weighted by Gasteiger charge is -2.00. The van der Waals surface area contributed by atoms with Crippen LogP contribution in [-0.4, -0.2) is 21.0 Å². The Labute approximate surface area is 141 Å². The van der Waals surface area contributed by atoms with Gasteiger partial charge in [-0.05, 0) is 29.5 Å². The summed E-state index contributed by atoms with van der Waals surface area (Å²) in [5.41, 5.74) is 0.706. The quantitative estimate of drug-likeness (QED) is 0.503. The Balaban J connectivity index is 2.11. The average Bonchev–Trinajstić information content (AvgIpc) is 2.94. The maximum absolute atomic E-state index is 12.1. The molecular formula is C14H11ClN4OS2. The lowest BCUT2D eigenvalue weighted by molar-refractivity contribution is -0.112. The molecule has 0 aliphatic rings. The van der Waals surface area contributed by atoms with Crippen molar-refractivity contribution in [1.29, 1.82) is 5.26 Å². The molecule has 1 N–H and O–H groups in total. The first-order valence-electron chi connectivity index (χ1n) is 6.27. The highest BCUT2D eigenvalue weighted by molar-refractivity contribution is 7.99. The summed E-state index contributed by atoms with van der Waals surface area (Å²) in [6.07, 6.45) is 1.49. The van der Waals surface area contributed by atoms with Crippen molar-refractivity contribution in [3.05, 3.63) is 40.4 Å². The van der Waals surface area contributed by atoms with Crippen molar-refractivity contribution in [2.75, 3.05) is 11.1 Å². The van der Waals surface area contributed by atoms with E-state index in [9.17, 15) is 4.79 Å². The molecule has 112 valence electrons. The Morgan fingerprint density at radius 1 is 1.50 bits per heavy atom. The molecule has 0 aliphatic carbocycles. The van der Waals surface area contributed by atoms with Gasteiger partial charge in [0, 0.05) is 16.6 Å². The van der Waals surface area contributed by atoms with Gasteiger partial charge in [-0.25, -0.2) is 0 Å². The number of halogens is 1. The molecule has 2 aromatic rings. The summed E-state index contributed by atoms with van der Waals surface area (Å²) in [5.74, 6) is 0.339. The minimum absolute atomic E-state index is 0.0118. The van der Waals surface area contributed by atoms with Crippen molar-refractivity contribution in [3.8, 4) is 6.07 Å². The predicted molar refractivity (Wildman–Crippen MR) is 90.0 cm³/mol. The Hall–Kier alpha value is -1.88. The fourth-order valence-corrected chi connectivity index (χ4v) is 2.88. The van der Waals surface area contributed by atoms with Crippen molar-refractivity contribution < 1.29 is 4.79 Å². The van der Waals surface area contributed by atoms with E-state index < -0.39 is 5.91 Å². The lowest BCUT2D eigenvalue weighted by Crippen LogP contribution is -2.13. The summed E-state index contributed by atoms with van der Waals surface area (Å²) in [5, 5.41) is 13.3. The number of benzene rings is 1. The van der Waals surface area contributed by atoms with Gasteiger partial charge in [-0.2, -0.15) is 14.6 Å². The summed E-state index contributed by atoms with van der Waals surface area (Å²) in [6.45, 7) is 1.99. The number of aromatic nitrogens is 2. The van der Waals surface area contributed by atoms with Crippen molar-refractivity contribution in [2.24, 2.45) is 0 Å². The molecule has 0 saturated heterocycles. The molecule has 0 bridgehead atoms. The van der Waals surface area contributed by atoms with E-state index in [-0.39, 0.29) is 5.57 Å². The van der Waals surface area contributed by atoms with E-state index in [1.165, 1.54) is 17.8 Å². The first-order valence-corrected chi connectivity index (χ1v) is 8.41. The van der Waals surface area contributed by atoms with Crippen molar-refractivity contribution in [3.63, 3.8) is 0 Å². The number of nitrogens with one attached hydrogen (secondary N) is 1. The third kappa shape index (κ3) is 4.56. The number of thioether (sulfide) groups is 1. The van der Waals surface area contributed by atoms with E-state index in [2.05, 4.69) is 14.7 Å². The predicted octanol–water partition coefficient (Wildman–Crippen LogP) is 3.85. The molecule has 1 heterocycles. The molecule has 0 saturated carbocycles. The molecule has 0 atom stereocenters. The second kappa shape index (κ2) is 7.94. The summed E-state index contributed by atoms with van der Waals surface area (Å²) in [4.78, 5) is 16.2. The van der Waals surface area contributed by atoms with Crippen LogP contribution in [0.2, 0.25) is 5.02 Å². The molecule has 1 aromatic heterocycles. The van der Waals surface area contributed by atoms with Gasteiger partial charge in [0.25, 0.3) is 5.91 Å². The first-order chi connectivity index (χ1) is 10.6. The van der Waals surface area contributed by atoms with Gasteiger partial charge in [0.15, 0.2) is 0 Å². The van der Waals surface area contributed by atoms with E-state index in [1.54, 1.807) is 24.3 Å². The van der Waals surface area contributed by atoms with Gasteiger partial charge in [0.1, 0.15) is 11.6 Å². The normalized spacial score (nSPS) is 11.0. The third-order valence-electron chi connectivity index (χ3n) is 2.45. The van der Waals surface area contributed by atoms with E-state index in [4.69, 9.17) is 16.9 Å². The van der Waals surface area contributed by atoms with E-state index in [0.717, 1.165) is 22.8 Å². The van der Waals surface area contributed by atoms with E-state index in [0.29, 0.717) is 15.3 Å². The SMILES string of the molecule is CCSc1nsc(NC(=O)/C(C#N)=C\c2ccc(Cl)cc2)n1. The minimum atomic E-state index is -0.512. The highest BCUT2D eigenvalue weighted by Crippen LogP contribution is 2.20. The van der Waals surface area contributed by atoms with Crippen molar-refractivity contribution in [2.45, 2.75) is 12.1 Å². The van der Waals surface area contributed by atoms with Crippen LogP contribution in [0.25, 0.3) is 6.08 Å². The second-order valence-corrected chi connectivity index (χ2v) is 6.41. The number of nitriles is 1. The Bertz CT molecular complexity index is 734. The van der Waals surface area contributed by atoms with E-state index >= 15 is 0 Å². The average molecular weight is 351 g/mol. The standard InChI is InChI=1S/C14H11ClN4OS2/c1-2-21-14-18-13(22-19-14)17-12(20)10(8-16)7-9-3-5-11(15)6-4-9/h3-7H,2H2,1H3,(H,17,18,19,20)/b10-7-. The highest BCUT2D eigenvalue weighted by atomic mass is 35.5. The molecule has 0 spiro atoms. The number of rotatable bonds is 5. The van der Waals surface area contributed by atoms with Gasteiger partial charge in [-0.15, -0.1) is 0 Å². The van der Waals surface area contributed by atoms with Crippen LogP contribution in [0.15, 0.2) is 35.0 Å². The highest BCUT2D eigenvalue weighted by Gasteiger charge is 2.12. The fourth-order valence-electron chi connectivity index (χ4n) is 1.49. The van der Waals surface area contributed by atoms with Gasteiger partial charge in [0.05, 0.1) is 0 Å². The van der Waals surface area contributed by atoms with Crippen LogP contribution in [-0.2, 0) is 4.79 Å². The number of hydrogen-bond acceptors (Lipinski definition) is 6. The number of amides is 1. The maximum atomic E-state index is 12.1. The largest absolute Gasteiger partial charge is 0.296 e. The zero-order valence-corrected chi connectivity index (χ0v) is 13.9. The summed E-state index contributed by atoms with van der Waals surface area (Å²) in [7, 11) is 0. The Kier molecular flexibility index (Phi) is 5.95. The van der Waals surface area contributed by atoms with Crippen molar-refractivity contribution in [1.82, 2.24) is 9.36 Å². The van der Waals surface area contributed by atoms with Crippen LogP contribution < -0.4 is 5.32 Å². The number of hydrogen-bond donors (Lipinski definition) is 1.